The van der Waals surface area contributed by atoms with Gasteiger partial charge in [-0.1, -0.05) is 6.07 Å². The van der Waals surface area contributed by atoms with Crippen LogP contribution in [0.3, 0.4) is 0 Å². The van der Waals surface area contributed by atoms with Crippen molar-refractivity contribution in [2.75, 3.05) is 17.6 Å². The molecule has 0 aromatic heterocycles. The lowest BCUT2D eigenvalue weighted by molar-refractivity contribution is -0.119. The highest BCUT2D eigenvalue weighted by Gasteiger charge is 2.40. The van der Waals surface area contributed by atoms with Crippen LogP contribution in [-0.4, -0.2) is 31.2 Å². The number of carbonyl (C=O) groups excluding carboxylic acids is 1. The van der Waals surface area contributed by atoms with Crippen molar-refractivity contribution < 1.29 is 13.2 Å². The zero-order valence-electron chi connectivity index (χ0n) is 17.0. The number of nitrogens with zero attached hydrogens (tertiary/aromatic N) is 1. The number of aryl methyl sites for hydroxylation is 2. The minimum absolute atomic E-state index is 0.179. The normalized spacial score (nSPS) is 20.9. The summed E-state index contributed by atoms with van der Waals surface area (Å²) in [6, 6.07) is 7.82. The molecule has 158 valence electrons. The van der Waals surface area contributed by atoms with E-state index in [0.717, 1.165) is 44.2 Å². The number of carbonyl (C=O) groups is 1. The zero-order chi connectivity index (χ0) is 20.9. The van der Waals surface area contributed by atoms with Gasteiger partial charge in [-0.3, -0.25) is 4.79 Å². The fourth-order valence-corrected chi connectivity index (χ4v) is 6.90. The Kier molecular flexibility index (Phi) is 4.82. The molecule has 3 N–H and O–H groups in total. The summed E-state index contributed by atoms with van der Waals surface area (Å²) in [4.78, 5) is 13.5. The lowest BCUT2D eigenvalue weighted by Crippen LogP contribution is -2.43. The zero-order valence-corrected chi connectivity index (χ0v) is 17.8. The Morgan fingerprint density at radius 3 is 2.23 bits per heavy atom. The molecule has 30 heavy (non-hydrogen) atoms. The number of amides is 1. The van der Waals surface area contributed by atoms with Gasteiger partial charge in [0.1, 0.15) is 6.04 Å². The maximum absolute atomic E-state index is 13.3. The van der Waals surface area contributed by atoms with Crippen LogP contribution in [0, 0.1) is 0 Å². The van der Waals surface area contributed by atoms with Gasteiger partial charge in [0.25, 0.3) is 0 Å². The second kappa shape index (κ2) is 7.39. The van der Waals surface area contributed by atoms with Crippen molar-refractivity contribution in [2.24, 2.45) is 0 Å². The molecule has 1 heterocycles. The number of anilines is 2. The van der Waals surface area contributed by atoms with Gasteiger partial charge >= 0.3 is 0 Å². The molecule has 1 amide bonds. The predicted molar refractivity (Wildman–Crippen MR) is 117 cm³/mol. The molecule has 7 heteroatoms. The molecule has 0 spiro atoms. The van der Waals surface area contributed by atoms with Crippen LogP contribution in [0.5, 0.6) is 0 Å². The average Bonchev–Trinajstić information content (AvgIpc) is 3.48. The molecule has 3 aliphatic rings. The van der Waals surface area contributed by atoms with Crippen LogP contribution in [0.2, 0.25) is 0 Å². The van der Waals surface area contributed by atoms with Gasteiger partial charge < -0.3 is 11.1 Å². The Morgan fingerprint density at radius 2 is 1.60 bits per heavy atom. The van der Waals surface area contributed by atoms with Gasteiger partial charge in [0, 0.05) is 17.9 Å². The monoisotopic (exact) mass is 425 g/mol. The molecule has 0 saturated carbocycles. The van der Waals surface area contributed by atoms with E-state index >= 15 is 0 Å². The van der Waals surface area contributed by atoms with Crippen LogP contribution in [0.1, 0.15) is 47.9 Å². The van der Waals surface area contributed by atoms with Crippen molar-refractivity contribution in [3.05, 3.63) is 52.6 Å². The molecule has 6 nitrogen and oxygen atoms in total. The van der Waals surface area contributed by atoms with E-state index in [1.165, 1.54) is 38.7 Å². The first-order chi connectivity index (χ1) is 14.4. The number of nitrogens with two attached hydrogens (primary N) is 1. The molecule has 1 atom stereocenters. The van der Waals surface area contributed by atoms with Gasteiger partial charge in [0.05, 0.1) is 4.90 Å². The summed E-state index contributed by atoms with van der Waals surface area (Å²) in [7, 11) is -3.75. The van der Waals surface area contributed by atoms with Crippen molar-refractivity contribution in [3.63, 3.8) is 0 Å². The molecule has 2 aromatic rings. The summed E-state index contributed by atoms with van der Waals surface area (Å²) in [5.41, 5.74) is 12.4. The van der Waals surface area contributed by atoms with Gasteiger partial charge in [0.15, 0.2) is 0 Å². The summed E-state index contributed by atoms with van der Waals surface area (Å²) in [6.07, 6.45) is 7.53. The molecule has 1 fully saturated rings. The number of sulfonamides is 1. The van der Waals surface area contributed by atoms with E-state index in [-0.39, 0.29) is 10.8 Å². The molecular weight excluding hydrogens is 398 g/mol. The highest BCUT2D eigenvalue weighted by atomic mass is 32.2. The number of nitrogens with one attached hydrogen (secondary N) is 1. The van der Waals surface area contributed by atoms with E-state index in [0.29, 0.717) is 25.1 Å². The summed E-state index contributed by atoms with van der Waals surface area (Å²) >= 11 is 0. The van der Waals surface area contributed by atoms with Crippen molar-refractivity contribution in [3.8, 4) is 0 Å². The molecule has 1 unspecified atom stereocenters. The summed E-state index contributed by atoms with van der Waals surface area (Å²) < 4.78 is 27.7. The number of benzene rings is 2. The Balaban J connectivity index is 1.44. The standard InChI is InChI=1S/C23H27N3O3S/c24-17-9-11-18(12-10-17)30(28,29)26-13-3-8-21(26)23(27)25-22-19-6-1-4-15(19)14-16-5-2-7-20(16)22/h9-12,14,21H,1-8,13,24H2,(H,25,27). The van der Waals surface area contributed by atoms with Crippen molar-refractivity contribution in [1.82, 2.24) is 4.31 Å². The van der Waals surface area contributed by atoms with Crippen LogP contribution in [0.4, 0.5) is 11.4 Å². The van der Waals surface area contributed by atoms with Crippen LogP contribution in [-0.2, 0) is 40.5 Å². The van der Waals surface area contributed by atoms with E-state index in [4.69, 9.17) is 5.73 Å². The minimum Gasteiger partial charge on any atom is -0.399 e. The van der Waals surface area contributed by atoms with E-state index in [9.17, 15) is 13.2 Å². The van der Waals surface area contributed by atoms with Gasteiger partial charge in [-0.15, -0.1) is 0 Å². The predicted octanol–water partition coefficient (Wildman–Crippen LogP) is 3.04. The number of nitrogen functional groups attached to an aromatic ring is 1. The van der Waals surface area contributed by atoms with E-state index < -0.39 is 16.1 Å². The van der Waals surface area contributed by atoms with Crippen molar-refractivity contribution in [1.29, 1.82) is 0 Å². The average molecular weight is 426 g/mol. The summed E-state index contributed by atoms with van der Waals surface area (Å²) in [6.45, 7) is 0.357. The second-order valence-corrected chi connectivity index (χ2v) is 10.5. The maximum Gasteiger partial charge on any atom is 0.243 e. The van der Waals surface area contributed by atoms with E-state index in [1.54, 1.807) is 12.1 Å². The van der Waals surface area contributed by atoms with Gasteiger partial charge in [-0.25, -0.2) is 8.42 Å². The first-order valence-corrected chi connectivity index (χ1v) is 12.2. The van der Waals surface area contributed by atoms with Gasteiger partial charge in [-0.2, -0.15) is 4.31 Å². The van der Waals surface area contributed by atoms with Crippen LogP contribution in [0.25, 0.3) is 0 Å². The Hall–Kier alpha value is -2.38. The minimum atomic E-state index is -3.75. The Labute approximate surface area is 177 Å². The third kappa shape index (κ3) is 3.20. The lowest BCUT2D eigenvalue weighted by atomic mass is 9.98. The molecule has 5 rings (SSSR count). The lowest BCUT2D eigenvalue weighted by Gasteiger charge is -2.25. The largest absolute Gasteiger partial charge is 0.399 e. The molecule has 0 bridgehead atoms. The first kappa shape index (κ1) is 19.6. The molecular formula is C23H27N3O3S. The Morgan fingerprint density at radius 1 is 0.967 bits per heavy atom. The number of fused-ring (bicyclic) bond motifs is 2. The van der Waals surface area contributed by atoms with Gasteiger partial charge in [0.2, 0.25) is 15.9 Å². The smallest absolute Gasteiger partial charge is 0.243 e. The van der Waals surface area contributed by atoms with Gasteiger partial charge in [-0.05, 0) is 97.9 Å². The number of hydrogen-bond acceptors (Lipinski definition) is 4. The molecule has 0 radical (unpaired) electrons. The van der Waals surface area contributed by atoms with Crippen molar-refractivity contribution >= 4 is 27.3 Å². The first-order valence-electron chi connectivity index (χ1n) is 10.8. The number of rotatable bonds is 4. The SMILES string of the molecule is Nc1ccc(S(=O)(=O)N2CCCC2C(=O)Nc2c3c(cc4c2CCC4)CCC3)cc1. The van der Waals surface area contributed by atoms with E-state index in [1.807, 2.05) is 0 Å². The number of hydrogen-bond donors (Lipinski definition) is 2. The van der Waals surface area contributed by atoms with Crippen molar-refractivity contribution in [2.45, 2.75) is 62.3 Å². The van der Waals surface area contributed by atoms with E-state index in [2.05, 4.69) is 11.4 Å². The fourth-order valence-electron chi connectivity index (χ4n) is 5.24. The molecule has 2 aliphatic carbocycles. The highest BCUT2D eigenvalue weighted by Crippen LogP contribution is 2.39. The molecule has 2 aromatic carbocycles. The fraction of sp³-hybridized carbons (Fsp3) is 0.435. The summed E-state index contributed by atoms with van der Waals surface area (Å²) in [5, 5.41) is 3.18. The second-order valence-electron chi connectivity index (χ2n) is 8.57. The quantitative estimate of drug-likeness (QED) is 0.737. The molecule has 1 saturated heterocycles. The topological polar surface area (TPSA) is 92.5 Å². The third-order valence-corrected chi connectivity index (χ3v) is 8.64. The van der Waals surface area contributed by atoms with Crippen LogP contribution < -0.4 is 11.1 Å². The molecule has 1 aliphatic heterocycles. The maximum atomic E-state index is 13.3. The summed E-state index contributed by atoms with van der Waals surface area (Å²) in [5.74, 6) is -0.207. The van der Waals surface area contributed by atoms with Crippen LogP contribution in [0.15, 0.2) is 35.2 Å². The van der Waals surface area contributed by atoms with Crippen LogP contribution >= 0.6 is 0 Å². The highest BCUT2D eigenvalue weighted by molar-refractivity contribution is 7.89. The Bertz CT molecular complexity index is 1080. The third-order valence-electron chi connectivity index (χ3n) is 6.71.